The summed E-state index contributed by atoms with van der Waals surface area (Å²) in [7, 11) is 1.22. The van der Waals surface area contributed by atoms with E-state index < -0.39 is 29.2 Å². The number of aliphatic hydroxyl groups excluding tert-OH is 1. The van der Waals surface area contributed by atoms with Crippen molar-refractivity contribution in [1.82, 2.24) is 0 Å². The number of methoxy groups -OCH3 is 1. The van der Waals surface area contributed by atoms with Gasteiger partial charge in [0.1, 0.15) is 11.4 Å². The summed E-state index contributed by atoms with van der Waals surface area (Å²) in [6.07, 6.45) is -0.740. The molecule has 0 aliphatic heterocycles. The van der Waals surface area contributed by atoms with Crippen LogP contribution in [-0.2, 0) is 19.7 Å². The second kappa shape index (κ2) is 6.32. The number of carbonyl (C=O) groups is 2. The number of nitrogens with one attached hydrogen (secondary N) is 1. The molecule has 1 fully saturated rings. The van der Waals surface area contributed by atoms with Gasteiger partial charge < -0.3 is 19.7 Å². The van der Waals surface area contributed by atoms with E-state index in [1.165, 1.54) is 19.2 Å². The van der Waals surface area contributed by atoms with Crippen LogP contribution in [-0.4, -0.2) is 41.1 Å². The molecule has 1 aliphatic carbocycles. The number of anilines is 1. The van der Waals surface area contributed by atoms with Crippen molar-refractivity contribution >= 4 is 17.7 Å². The summed E-state index contributed by atoms with van der Waals surface area (Å²) in [6, 6.07) is 4.61. The van der Waals surface area contributed by atoms with Gasteiger partial charge in [-0.3, -0.25) is 5.32 Å². The van der Waals surface area contributed by atoms with E-state index in [1.807, 2.05) is 0 Å². The minimum absolute atomic E-state index is 0.165. The van der Waals surface area contributed by atoms with E-state index in [1.54, 1.807) is 26.8 Å². The van der Waals surface area contributed by atoms with Gasteiger partial charge in [-0.15, -0.1) is 0 Å². The van der Waals surface area contributed by atoms with E-state index in [9.17, 15) is 19.8 Å². The molecule has 0 heterocycles. The molecule has 1 aromatic rings. The fourth-order valence-electron chi connectivity index (χ4n) is 2.55. The maximum Gasteiger partial charge on any atom is 0.412 e. The number of phenols is 1. The van der Waals surface area contributed by atoms with Crippen LogP contribution in [0.3, 0.4) is 0 Å². The Labute approximate surface area is 140 Å². The largest absolute Gasteiger partial charge is 0.506 e. The van der Waals surface area contributed by atoms with Crippen molar-refractivity contribution in [3.8, 4) is 5.75 Å². The molecule has 1 aliphatic rings. The molecule has 1 amide bonds. The number of hydrogen-bond donors (Lipinski definition) is 3. The number of benzene rings is 1. The zero-order valence-corrected chi connectivity index (χ0v) is 14.3. The van der Waals surface area contributed by atoms with Crippen LogP contribution in [0.5, 0.6) is 5.75 Å². The van der Waals surface area contributed by atoms with Crippen LogP contribution in [0.4, 0.5) is 10.5 Å². The highest BCUT2D eigenvalue weighted by Crippen LogP contribution is 2.52. The van der Waals surface area contributed by atoms with Crippen molar-refractivity contribution in [3.05, 3.63) is 23.8 Å². The number of ether oxygens (including phenoxy) is 2. The molecule has 1 saturated carbocycles. The smallest absolute Gasteiger partial charge is 0.412 e. The van der Waals surface area contributed by atoms with Gasteiger partial charge in [-0.25, -0.2) is 9.59 Å². The molecule has 0 bridgehead atoms. The number of carbonyl (C=O) groups excluding carboxylic acids is 2. The summed E-state index contributed by atoms with van der Waals surface area (Å²) in [5.74, 6) is -0.871. The molecular weight excluding hydrogens is 314 g/mol. The second-order valence-electron chi connectivity index (χ2n) is 6.94. The maximum absolute atomic E-state index is 11.8. The zero-order valence-electron chi connectivity index (χ0n) is 14.3. The van der Waals surface area contributed by atoms with Gasteiger partial charge in [0.2, 0.25) is 0 Å². The Morgan fingerprint density at radius 1 is 1.29 bits per heavy atom. The Balaban J connectivity index is 2.16. The number of amides is 1. The van der Waals surface area contributed by atoms with Crippen molar-refractivity contribution in [1.29, 1.82) is 0 Å². The lowest BCUT2D eigenvalue weighted by molar-refractivity contribution is -0.152. The summed E-state index contributed by atoms with van der Waals surface area (Å²) in [5.41, 5.74) is -0.582. The molecule has 7 heteroatoms. The lowest BCUT2D eigenvalue weighted by Crippen LogP contribution is -2.35. The third-order valence-corrected chi connectivity index (χ3v) is 3.94. The monoisotopic (exact) mass is 337 g/mol. The molecule has 0 spiro atoms. The van der Waals surface area contributed by atoms with E-state index in [4.69, 9.17) is 4.74 Å². The summed E-state index contributed by atoms with van der Waals surface area (Å²) in [4.78, 5) is 23.4. The standard InChI is InChI=1S/C17H23NO6/c1-16(2,3)24-15(22)18-11-6-5-10(9-12(11)19)17(7-8-17)13(20)14(21)23-4/h5-6,9,13,19-20H,7-8H2,1-4H3,(H,18,22). The van der Waals surface area contributed by atoms with Crippen LogP contribution in [0.15, 0.2) is 18.2 Å². The Bertz CT molecular complexity index is 645. The molecule has 132 valence electrons. The van der Waals surface area contributed by atoms with Gasteiger partial charge in [-0.05, 0) is 51.3 Å². The molecule has 0 saturated heterocycles. The van der Waals surface area contributed by atoms with Gasteiger partial charge in [-0.2, -0.15) is 0 Å². The molecule has 2 rings (SSSR count). The second-order valence-corrected chi connectivity index (χ2v) is 6.94. The minimum Gasteiger partial charge on any atom is -0.506 e. The quantitative estimate of drug-likeness (QED) is 0.575. The number of aliphatic hydroxyl groups is 1. The van der Waals surface area contributed by atoms with Gasteiger partial charge in [-0.1, -0.05) is 6.07 Å². The highest BCUT2D eigenvalue weighted by atomic mass is 16.6. The van der Waals surface area contributed by atoms with Crippen molar-refractivity contribution < 1.29 is 29.3 Å². The Morgan fingerprint density at radius 3 is 2.38 bits per heavy atom. The Morgan fingerprint density at radius 2 is 1.92 bits per heavy atom. The number of phenolic OH excluding ortho intramolecular Hbond substituents is 1. The Kier molecular flexibility index (Phi) is 4.75. The van der Waals surface area contributed by atoms with Gasteiger partial charge in [0.15, 0.2) is 6.10 Å². The molecule has 7 nitrogen and oxygen atoms in total. The lowest BCUT2D eigenvalue weighted by Gasteiger charge is -2.22. The van der Waals surface area contributed by atoms with E-state index in [0.29, 0.717) is 18.4 Å². The van der Waals surface area contributed by atoms with Crippen molar-refractivity contribution in [2.24, 2.45) is 0 Å². The zero-order chi connectivity index (χ0) is 18.1. The third kappa shape index (κ3) is 3.79. The number of rotatable bonds is 4. The van der Waals surface area contributed by atoms with Crippen LogP contribution in [0.25, 0.3) is 0 Å². The highest BCUT2D eigenvalue weighted by molar-refractivity contribution is 5.87. The van der Waals surface area contributed by atoms with Crippen LogP contribution in [0.2, 0.25) is 0 Å². The predicted molar refractivity (Wildman–Crippen MR) is 86.9 cm³/mol. The van der Waals surface area contributed by atoms with Gasteiger partial charge in [0, 0.05) is 5.41 Å². The van der Waals surface area contributed by atoms with Crippen molar-refractivity contribution in [3.63, 3.8) is 0 Å². The van der Waals surface area contributed by atoms with E-state index in [2.05, 4.69) is 10.1 Å². The van der Waals surface area contributed by atoms with Crippen molar-refractivity contribution in [2.75, 3.05) is 12.4 Å². The normalized spacial score (nSPS) is 16.9. The first-order chi connectivity index (χ1) is 11.1. The highest BCUT2D eigenvalue weighted by Gasteiger charge is 2.54. The molecule has 24 heavy (non-hydrogen) atoms. The maximum atomic E-state index is 11.8. The number of hydrogen-bond acceptors (Lipinski definition) is 6. The topological polar surface area (TPSA) is 105 Å². The number of esters is 1. The third-order valence-electron chi connectivity index (χ3n) is 3.94. The van der Waals surface area contributed by atoms with Crippen LogP contribution < -0.4 is 5.32 Å². The van der Waals surface area contributed by atoms with Gasteiger partial charge in [0.25, 0.3) is 0 Å². The average molecular weight is 337 g/mol. The molecule has 1 atom stereocenters. The summed E-state index contributed by atoms with van der Waals surface area (Å²) in [6.45, 7) is 5.21. The predicted octanol–water partition coefficient (Wildman–Crippen LogP) is 2.30. The Hall–Kier alpha value is -2.28. The first-order valence-electron chi connectivity index (χ1n) is 7.68. The first-order valence-corrected chi connectivity index (χ1v) is 7.68. The summed E-state index contributed by atoms with van der Waals surface area (Å²) in [5, 5.41) is 22.8. The minimum atomic E-state index is -1.29. The van der Waals surface area contributed by atoms with Crippen molar-refractivity contribution in [2.45, 2.75) is 50.7 Å². The molecule has 3 N–H and O–H groups in total. The number of aromatic hydroxyl groups is 1. The average Bonchev–Trinajstić information content (AvgIpc) is 3.27. The molecule has 1 aromatic carbocycles. The van der Waals surface area contributed by atoms with Crippen LogP contribution in [0.1, 0.15) is 39.2 Å². The SMILES string of the molecule is COC(=O)C(O)C1(c2ccc(NC(=O)OC(C)(C)C)c(O)c2)CC1. The van der Waals surface area contributed by atoms with E-state index >= 15 is 0 Å². The van der Waals surface area contributed by atoms with Gasteiger partial charge in [0.05, 0.1) is 12.8 Å². The lowest BCUT2D eigenvalue weighted by atomic mass is 9.89. The van der Waals surface area contributed by atoms with Crippen LogP contribution in [0, 0.1) is 0 Å². The fourth-order valence-corrected chi connectivity index (χ4v) is 2.55. The van der Waals surface area contributed by atoms with Crippen LogP contribution >= 0.6 is 0 Å². The first kappa shape index (κ1) is 18.1. The molecule has 1 unspecified atom stereocenters. The summed E-state index contributed by atoms with van der Waals surface area (Å²) < 4.78 is 9.72. The molecular formula is C17H23NO6. The van der Waals surface area contributed by atoms with E-state index in [-0.39, 0.29) is 11.4 Å². The molecule has 0 aromatic heterocycles. The molecule has 0 radical (unpaired) electrons. The van der Waals surface area contributed by atoms with E-state index in [0.717, 1.165) is 0 Å². The summed E-state index contributed by atoms with van der Waals surface area (Å²) >= 11 is 0. The fraction of sp³-hybridized carbons (Fsp3) is 0.529. The van der Waals surface area contributed by atoms with Gasteiger partial charge >= 0.3 is 12.1 Å².